The maximum absolute atomic E-state index is 5.52. The van der Waals surface area contributed by atoms with E-state index in [1.54, 1.807) is 0 Å². The summed E-state index contributed by atoms with van der Waals surface area (Å²) in [6.07, 6.45) is 2.08. The zero-order valence-electron chi connectivity index (χ0n) is 5.32. The van der Waals surface area contributed by atoms with Crippen LogP contribution in [0.3, 0.4) is 0 Å². The average molecular weight is 155 g/mol. The normalized spacial score (nSPS) is 14.6. The molecule has 2 heteroatoms. The fraction of sp³-hybridized carbons (Fsp3) is 1.00. The van der Waals surface area contributed by atoms with E-state index in [4.69, 9.17) is 23.2 Å². The van der Waals surface area contributed by atoms with Gasteiger partial charge in [-0.25, -0.2) is 0 Å². The van der Waals surface area contributed by atoms with Crippen molar-refractivity contribution in [3.8, 4) is 0 Å². The van der Waals surface area contributed by atoms with Crippen LogP contribution >= 0.6 is 23.2 Å². The third kappa shape index (κ3) is 4.73. The summed E-state index contributed by atoms with van der Waals surface area (Å²) in [5, 5.41) is 0. The third-order valence-electron chi connectivity index (χ3n) is 1.28. The Bertz CT molecular complexity index is 52.5. The highest BCUT2D eigenvalue weighted by Gasteiger charge is 2.03. The van der Waals surface area contributed by atoms with Crippen molar-refractivity contribution in [1.82, 2.24) is 0 Å². The van der Waals surface area contributed by atoms with E-state index in [0.29, 0.717) is 5.92 Å². The first-order chi connectivity index (χ1) is 3.66. The van der Waals surface area contributed by atoms with Crippen LogP contribution in [0.25, 0.3) is 0 Å². The van der Waals surface area contributed by atoms with E-state index in [-0.39, 0.29) is 4.84 Å². The number of alkyl halides is 2. The Morgan fingerprint density at radius 1 is 1.38 bits per heavy atom. The van der Waals surface area contributed by atoms with E-state index in [1.807, 2.05) is 0 Å². The molecular formula is C6H12Cl2. The molecule has 1 atom stereocenters. The van der Waals surface area contributed by atoms with Crippen molar-refractivity contribution in [2.45, 2.75) is 31.5 Å². The lowest BCUT2D eigenvalue weighted by atomic mass is 10.1. The molecule has 0 aromatic rings. The summed E-state index contributed by atoms with van der Waals surface area (Å²) in [4.78, 5) is -0.176. The van der Waals surface area contributed by atoms with Gasteiger partial charge in [0.2, 0.25) is 0 Å². The largest absolute Gasteiger partial charge is 0.108 e. The molecule has 0 spiro atoms. The van der Waals surface area contributed by atoms with Crippen molar-refractivity contribution in [2.75, 3.05) is 0 Å². The second-order valence-corrected chi connectivity index (χ2v) is 3.42. The zero-order valence-corrected chi connectivity index (χ0v) is 6.84. The first-order valence-electron chi connectivity index (χ1n) is 2.95. The quantitative estimate of drug-likeness (QED) is 0.549. The SMILES string of the molecule is CCC(C)CC(Cl)Cl. The molecule has 0 nitrogen and oxygen atoms in total. The lowest BCUT2D eigenvalue weighted by Crippen LogP contribution is -1.97. The maximum atomic E-state index is 5.52. The molecule has 0 rings (SSSR count). The molecule has 8 heavy (non-hydrogen) atoms. The Morgan fingerprint density at radius 3 is 2.00 bits per heavy atom. The maximum Gasteiger partial charge on any atom is 0.108 e. The van der Waals surface area contributed by atoms with Crippen LogP contribution in [0.4, 0.5) is 0 Å². The third-order valence-corrected chi connectivity index (χ3v) is 1.63. The van der Waals surface area contributed by atoms with Gasteiger partial charge in [0.15, 0.2) is 0 Å². The Balaban J connectivity index is 3.10. The summed E-state index contributed by atoms with van der Waals surface area (Å²) in [5.74, 6) is 0.662. The molecule has 0 amide bonds. The van der Waals surface area contributed by atoms with Gasteiger partial charge in [0.25, 0.3) is 0 Å². The summed E-state index contributed by atoms with van der Waals surface area (Å²) in [7, 11) is 0. The molecule has 0 saturated heterocycles. The van der Waals surface area contributed by atoms with Crippen molar-refractivity contribution in [3.05, 3.63) is 0 Å². The van der Waals surface area contributed by atoms with E-state index in [2.05, 4.69) is 13.8 Å². The van der Waals surface area contributed by atoms with Crippen molar-refractivity contribution >= 4 is 23.2 Å². The van der Waals surface area contributed by atoms with Crippen LogP contribution in [0.5, 0.6) is 0 Å². The molecule has 0 bridgehead atoms. The lowest BCUT2D eigenvalue weighted by molar-refractivity contribution is 0.536. The summed E-state index contributed by atoms with van der Waals surface area (Å²) < 4.78 is 0. The highest BCUT2D eigenvalue weighted by molar-refractivity contribution is 6.44. The molecule has 0 fully saturated rings. The van der Waals surface area contributed by atoms with Crippen molar-refractivity contribution in [2.24, 2.45) is 5.92 Å². The standard InChI is InChI=1S/C6H12Cl2/c1-3-5(2)4-6(7)8/h5-6H,3-4H2,1-2H3. The molecule has 0 N–H and O–H groups in total. The summed E-state index contributed by atoms with van der Waals surface area (Å²) in [6, 6.07) is 0. The topological polar surface area (TPSA) is 0 Å². The van der Waals surface area contributed by atoms with Gasteiger partial charge in [-0.15, -0.1) is 23.2 Å². The Kier molecular flexibility index (Phi) is 4.78. The van der Waals surface area contributed by atoms with Crippen LogP contribution < -0.4 is 0 Å². The molecular weight excluding hydrogens is 143 g/mol. The second-order valence-electron chi connectivity index (χ2n) is 2.14. The molecule has 0 saturated carbocycles. The van der Waals surface area contributed by atoms with Gasteiger partial charge in [-0.2, -0.15) is 0 Å². The van der Waals surface area contributed by atoms with E-state index in [0.717, 1.165) is 12.8 Å². The van der Waals surface area contributed by atoms with Crippen molar-refractivity contribution < 1.29 is 0 Å². The van der Waals surface area contributed by atoms with Crippen LogP contribution in [-0.4, -0.2) is 4.84 Å². The van der Waals surface area contributed by atoms with Crippen molar-refractivity contribution in [1.29, 1.82) is 0 Å². The summed E-state index contributed by atoms with van der Waals surface area (Å²) >= 11 is 11.0. The predicted molar refractivity (Wildman–Crippen MR) is 39.6 cm³/mol. The molecule has 0 aromatic carbocycles. The molecule has 50 valence electrons. The van der Waals surface area contributed by atoms with Gasteiger partial charge in [0.05, 0.1) is 0 Å². The highest BCUT2D eigenvalue weighted by Crippen LogP contribution is 2.16. The van der Waals surface area contributed by atoms with Crippen LogP contribution in [-0.2, 0) is 0 Å². The molecule has 0 aliphatic carbocycles. The minimum absolute atomic E-state index is 0.176. The Morgan fingerprint density at radius 2 is 1.88 bits per heavy atom. The van der Waals surface area contributed by atoms with Crippen LogP contribution in [0.15, 0.2) is 0 Å². The van der Waals surface area contributed by atoms with Crippen LogP contribution in [0, 0.1) is 5.92 Å². The summed E-state index contributed by atoms with van der Waals surface area (Å²) in [6.45, 7) is 4.29. The predicted octanol–water partition coefficient (Wildman–Crippen LogP) is 3.23. The van der Waals surface area contributed by atoms with Gasteiger partial charge < -0.3 is 0 Å². The fourth-order valence-electron chi connectivity index (χ4n) is 0.471. The van der Waals surface area contributed by atoms with Gasteiger partial charge in [-0.3, -0.25) is 0 Å². The van der Waals surface area contributed by atoms with E-state index < -0.39 is 0 Å². The van der Waals surface area contributed by atoms with Gasteiger partial charge >= 0.3 is 0 Å². The molecule has 0 aromatic heterocycles. The number of halogens is 2. The monoisotopic (exact) mass is 154 g/mol. The Labute approximate surface area is 61.2 Å². The number of rotatable bonds is 3. The second kappa shape index (κ2) is 4.46. The van der Waals surface area contributed by atoms with E-state index >= 15 is 0 Å². The van der Waals surface area contributed by atoms with Gasteiger partial charge in [-0.05, 0) is 12.3 Å². The number of hydrogen-bond donors (Lipinski definition) is 0. The molecule has 0 radical (unpaired) electrons. The molecule has 0 aliphatic heterocycles. The fourth-order valence-corrected chi connectivity index (χ4v) is 1.08. The smallest absolute Gasteiger partial charge is 0.105 e. The van der Waals surface area contributed by atoms with Crippen LogP contribution in [0.2, 0.25) is 0 Å². The molecule has 0 aliphatic rings. The van der Waals surface area contributed by atoms with Gasteiger partial charge in [0.1, 0.15) is 4.84 Å². The minimum atomic E-state index is -0.176. The minimum Gasteiger partial charge on any atom is -0.105 e. The van der Waals surface area contributed by atoms with Crippen LogP contribution in [0.1, 0.15) is 26.7 Å². The first kappa shape index (κ1) is 8.58. The lowest BCUT2D eigenvalue weighted by Gasteiger charge is -2.06. The molecule has 1 unspecified atom stereocenters. The highest BCUT2D eigenvalue weighted by atomic mass is 35.5. The first-order valence-corrected chi connectivity index (χ1v) is 3.82. The van der Waals surface area contributed by atoms with Gasteiger partial charge in [-0.1, -0.05) is 20.3 Å². The number of hydrogen-bond acceptors (Lipinski definition) is 0. The zero-order chi connectivity index (χ0) is 6.57. The Hall–Kier alpha value is 0.580. The summed E-state index contributed by atoms with van der Waals surface area (Å²) in [5.41, 5.74) is 0. The van der Waals surface area contributed by atoms with E-state index in [1.165, 1.54) is 0 Å². The molecule has 0 heterocycles. The van der Waals surface area contributed by atoms with Crippen molar-refractivity contribution in [3.63, 3.8) is 0 Å². The average Bonchev–Trinajstić information content (AvgIpc) is 1.65. The van der Waals surface area contributed by atoms with Gasteiger partial charge in [0, 0.05) is 0 Å². The van der Waals surface area contributed by atoms with E-state index in [9.17, 15) is 0 Å².